The molecular formula is C14H20ClN3O2. The third kappa shape index (κ3) is 4.08. The Morgan fingerprint density at radius 1 is 1.55 bits per heavy atom. The van der Waals surface area contributed by atoms with Crippen molar-refractivity contribution in [3.63, 3.8) is 0 Å². The molecule has 2 rings (SSSR count). The van der Waals surface area contributed by atoms with Crippen LogP contribution in [-0.2, 0) is 0 Å². The van der Waals surface area contributed by atoms with Crippen molar-refractivity contribution >= 4 is 23.0 Å². The molecule has 1 aliphatic rings. The SMILES string of the molecule is CC(CC1CCCCN1)Nc1cc([N+](=O)[O-])ccc1Cl. The van der Waals surface area contributed by atoms with E-state index in [1.165, 1.54) is 31.4 Å². The second-order valence-corrected chi connectivity index (χ2v) is 5.76. The molecule has 0 amide bonds. The van der Waals surface area contributed by atoms with Gasteiger partial charge in [-0.15, -0.1) is 0 Å². The lowest BCUT2D eigenvalue weighted by Gasteiger charge is -2.27. The van der Waals surface area contributed by atoms with Crippen LogP contribution in [0.1, 0.15) is 32.6 Å². The summed E-state index contributed by atoms with van der Waals surface area (Å²) >= 11 is 6.09. The second-order valence-electron chi connectivity index (χ2n) is 5.35. The first kappa shape index (κ1) is 15.1. The molecule has 1 aromatic carbocycles. The van der Waals surface area contributed by atoms with E-state index in [9.17, 15) is 10.1 Å². The fourth-order valence-electron chi connectivity index (χ4n) is 2.61. The molecule has 110 valence electrons. The summed E-state index contributed by atoms with van der Waals surface area (Å²) in [4.78, 5) is 10.4. The lowest BCUT2D eigenvalue weighted by Crippen LogP contribution is -2.37. The van der Waals surface area contributed by atoms with E-state index in [1.54, 1.807) is 6.07 Å². The van der Waals surface area contributed by atoms with Crippen molar-refractivity contribution in [1.29, 1.82) is 0 Å². The Kier molecular flexibility index (Phi) is 5.20. The van der Waals surface area contributed by atoms with E-state index in [2.05, 4.69) is 17.6 Å². The van der Waals surface area contributed by atoms with E-state index >= 15 is 0 Å². The van der Waals surface area contributed by atoms with Gasteiger partial charge >= 0.3 is 0 Å². The fraction of sp³-hybridized carbons (Fsp3) is 0.571. The van der Waals surface area contributed by atoms with Gasteiger partial charge in [-0.05, 0) is 38.8 Å². The van der Waals surface area contributed by atoms with Crippen LogP contribution in [0.5, 0.6) is 0 Å². The largest absolute Gasteiger partial charge is 0.381 e. The molecule has 1 heterocycles. The molecule has 2 unspecified atom stereocenters. The molecule has 2 atom stereocenters. The molecule has 1 saturated heterocycles. The molecule has 2 N–H and O–H groups in total. The summed E-state index contributed by atoms with van der Waals surface area (Å²) in [6.07, 6.45) is 4.69. The first-order chi connectivity index (χ1) is 9.56. The van der Waals surface area contributed by atoms with Gasteiger partial charge in [0.05, 0.1) is 15.6 Å². The van der Waals surface area contributed by atoms with Crippen LogP contribution in [0.25, 0.3) is 0 Å². The molecule has 20 heavy (non-hydrogen) atoms. The van der Waals surface area contributed by atoms with E-state index in [4.69, 9.17) is 11.6 Å². The number of halogens is 1. The van der Waals surface area contributed by atoms with Crippen LogP contribution in [0.2, 0.25) is 5.02 Å². The summed E-state index contributed by atoms with van der Waals surface area (Å²) in [7, 11) is 0. The molecule has 1 aromatic rings. The van der Waals surface area contributed by atoms with Gasteiger partial charge in [0.25, 0.3) is 5.69 Å². The maximum Gasteiger partial charge on any atom is 0.271 e. The molecular weight excluding hydrogens is 278 g/mol. The molecule has 0 saturated carbocycles. The average molecular weight is 298 g/mol. The zero-order valence-electron chi connectivity index (χ0n) is 11.6. The topological polar surface area (TPSA) is 67.2 Å². The maximum atomic E-state index is 10.8. The number of benzene rings is 1. The van der Waals surface area contributed by atoms with Crippen molar-refractivity contribution in [2.24, 2.45) is 0 Å². The Balaban J connectivity index is 1.97. The van der Waals surface area contributed by atoms with Crippen LogP contribution in [0.15, 0.2) is 18.2 Å². The highest BCUT2D eigenvalue weighted by Gasteiger charge is 2.17. The number of hydrogen-bond donors (Lipinski definition) is 2. The van der Waals surface area contributed by atoms with E-state index in [0.717, 1.165) is 13.0 Å². The molecule has 0 radical (unpaired) electrons. The summed E-state index contributed by atoms with van der Waals surface area (Å²) in [5.74, 6) is 0. The van der Waals surface area contributed by atoms with Gasteiger partial charge in [0.1, 0.15) is 0 Å². The first-order valence-electron chi connectivity index (χ1n) is 7.00. The third-order valence-electron chi connectivity index (χ3n) is 3.61. The predicted molar refractivity (Wildman–Crippen MR) is 81.4 cm³/mol. The van der Waals surface area contributed by atoms with Gasteiger partial charge in [0, 0.05) is 24.2 Å². The average Bonchev–Trinajstić information content (AvgIpc) is 2.42. The number of nitro benzene ring substituents is 1. The minimum Gasteiger partial charge on any atom is -0.381 e. The quantitative estimate of drug-likeness (QED) is 0.644. The predicted octanol–water partition coefficient (Wildman–Crippen LogP) is 3.58. The highest BCUT2D eigenvalue weighted by Crippen LogP contribution is 2.28. The Morgan fingerprint density at radius 2 is 2.35 bits per heavy atom. The molecule has 1 fully saturated rings. The van der Waals surface area contributed by atoms with Crippen LogP contribution in [-0.4, -0.2) is 23.6 Å². The zero-order chi connectivity index (χ0) is 14.5. The number of nitrogens with zero attached hydrogens (tertiary/aromatic N) is 1. The minimum atomic E-state index is -0.408. The summed E-state index contributed by atoms with van der Waals surface area (Å²) in [6.45, 7) is 3.15. The van der Waals surface area contributed by atoms with Crippen molar-refractivity contribution in [3.05, 3.63) is 33.3 Å². The van der Waals surface area contributed by atoms with Gasteiger partial charge in [-0.3, -0.25) is 10.1 Å². The smallest absolute Gasteiger partial charge is 0.271 e. The summed E-state index contributed by atoms with van der Waals surface area (Å²) in [5.41, 5.74) is 0.684. The van der Waals surface area contributed by atoms with E-state index in [1.807, 2.05) is 0 Å². The Bertz CT molecular complexity index is 475. The van der Waals surface area contributed by atoms with E-state index in [-0.39, 0.29) is 11.7 Å². The molecule has 6 heteroatoms. The van der Waals surface area contributed by atoms with Gasteiger partial charge in [0.15, 0.2) is 0 Å². The number of rotatable bonds is 5. The molecule has 1 aliphatic heterocycles. The van der Waals surface area contributed by atoms with Gasteiger partial charge in [0.2, 0.25) is 0 Å². The van der Waals surface area contributed by atoms with Gasteiger partial charge < -0.3 is 10.6 Å². The Hall–Kier alpha value is -1.33. The van der Waals surface area contributed by atoms with Gasteiger partial charge in [-0.25, -0.2) is 0 Å². The summed E-state index contributed by atoms with van der Waals surface area (Å²) in [6, 6.07) is 5.20. The summed E-state index contributed by atoms with van der Waals surface area (Å²) < 4.78 is 0. The molecule has 5 nitrogen and oxygen atoms in total. The Labute approximate surface area is 123 Å². The van der Waals surface area contributed by atoms with Crippen molar-refractivity contribution in [1.82, 2.24) is 5.32 Å². The van der Waals surface area contributed by atoms with Crippen molar-refractivity contribution in [2.45, 2.75) is 44.7 Å². The van der Waals surface area contributed by atoms with Crippen LogP contribution >= 0.6 is 11.6 Å². The fourth-order valence-corrected chi connectivity index (χ4v) is 2.79. The first-order valence-corrected chi connectivity index (χ1v) is 7.38. The van der Waals surface area contributed by atoms with Crippen LogP contribution in [0.3, 0.4) is 0 Å². The number of piperidine rings is 1. The lowest BCUT2D eigenvalue weighted by molar-refractivity contribution is -0.384. The summed E-state index contributed by atoms with van der Waals surface area (Å²) in [5, 5.41) is 18.1. The highest BCUT2D eigenvalue weighted by molar-refractivity contribution is 6.33. The van der Waals surface area contributed by atoms with Crippen molar-refractivity contribution in [3.8, 4) is 0 Å². The van der Waals surface area contributed by atoms with Crippen LogP contribution in [0.4, 0.5) is 11.4 Å². The molecule has 0 bridgehead atoms. The monoisotopic (exact) mass is 297 g/mol. The van der Waals surface area contributed by atoms with Crippen LogP contribution < -0.4 is 10.6 Å². The third-order valence-corrected chi connectivity index (χ3v) is 3.94. The van der Waals surface area contributed by atoms with Gasteiger partial charge in [-0.1, -0.05) is 18.0 Å². The molecule has 0 aliphatic carbocycles. The zero-order valence-corrected chi connectivity index (χ0v) is 12.3. The van der Waals surface area contributed by atoms with Crippen molar-refractivity contribution < 1.29 is 4.92 Å². The maximum absolute atomic E-state index is 10.8. The second kappa shape index (κ2) is 6.90. The number of nitrogens with one attached hydrogen (secondary N) is 2. The van der Waals surface area contributed by atoms with Crippen LogP contribution in [0, 0.1) is 10.1 Å². The number of anilines is 1. The highest BCUT2D eigenvalue weighted by atomic mass is 35.5. The standard InChI is InChI=1S/C14H20ClN3O2/c1-10(8-11-4-2-3-7-16-11)17-14-9-12(18(19)20)5-6-13(14)15/h5-6,9-11,16-17H,2-4,7-8H2,1H3. The van der Waals surface area contributed by atoms with E-state index < -0.39 is 4.92 Å². The molecule has 0 spiro atoms. The minimum absolute atomic E-state index is 0.0555. The number of non-ortho nitro benzene ring substituents is 1. The molecule has 0 aromatic heterocycles. The van der Waals surface area contributed by atoms with Crippen molar-refractivity contribution in [2.75, 3.05) is 11.9 Å². The van der Waals surface area contributed by atoms with E-state index in [0.29, 0.717) is 16.8 Å². The number of nitro groups is 1. The lowest BCUT2D eigenvalue weighted by atomic mass is 9.98. The normalized spacial score (nSPS) is 20.4. The Morgan fingerprint density at radius 3 is 3.00 bits per heavy atom. The van der Waals surface area contributed by atoms with Gasteiger partial charge in [-0.2, -0.15) is 0 Å². The number of hydrogen-bond acceptors (Lipinski definition) is 4.